The van der Waals surface area contributed by atoms with Gasteiger partial charge in [0.25, 0.3) is 5.91 Å². The van der Waals surface area contributed by atoms with E-state index < -0.39 is 0 Å². The fraction of sp³-hybridized carbons (Fsp3) is 0.118. The molecule has 0 bridgehead atoms. The molecule has 106 valence electrons. The Labute approximate surface area is 127 Å². The van der Waals surface area contributed by atoms with Crippen molar-refractivity contribution < 1.29 is 4.79 Å². The predicted octanol–water partition coefficient (Wildman–Crippen LogP) is 3.97. The zero-order valence-corrected chi connectivity index (χ0v) is 12.5. The molecule has 2 aromatic carbocycles. The molecule has 0 fully saturated rings. The first kappa shape index (κ1) is 13.6. The standard InChI is InChI=1S/C17H16N2OS/c1-11(12-6-8-14(18)9-7-12)19-17(20)16-10-13-4-2-3-5-15(13)21-16/h2-11H,18H2,1H3,(H,19,20). The zero-order chi connectivity index (χ0) is 14.8. The van der Waals surface area contributed by atoms with E-state index in [0.29, 0.717) is 0 Å². The fourth-order valence-corrected chi connectivity index (χ4v) is 3.20. The lowest BCUT2D eigenvalue weighted by Crippen LogP contribution is -2.25. The molecule has 3 aromatic rings. The van der Waals surface area contributed by atoms with E-state index in [-0.39, 0.29) is 11.9 Å². The van der Waals surface area contributed by atoms with Gasteiger partial charge in [0.15, 0.2) is 0 Å². The molecule has 1 atom stereocenters. The van der Waals surface area contributed by atoms with Gasteiger partial charge in [0.05, 0.1) is 10.9 Å². The first-order chi connectivity index (χ1) is 10.1. The van der Waals surface area contributed by atoms with Crippen molar-refractivity contribution in [2.24, 2.45) is 0 Å². The topological polar surface area (TPSA) is 55.1 Å². The first-order valence-corrected chi connectivity index (χ1v) is 7.60. The van der Waals surface area contributed by atoms with Gasteiger partial charge in [-0.25, -0.2) is 0 Å². The number of hydrogen-bond donors (Lipinski definition) is 2. The second-order valence-electron chi connectivity index (χ2n) is 5.01. The molecular weight excluding hydrogens is 280 g/mol. The van der Waals surface area contributed by atoms with Crippen LogP contribution < -0.4 is 11.1 Å². The Hall–Kier alpha value is -2.33. The van der Waals surface area contributed by atoms with E-state index in [2.05, 4.69) is 5.32 Å². The van der Waals surface area contributed by atoms with Gasteiger partial charge in [0, 0.05) is 10.4 Å². The molecular formula is C17H16N2OS. The van der Waals surface area contributed by atoms with Crippen LogP contribution in [0.15, 0.2) is 54.6 Å². The molecule has 3 N–H and O–H groups in total. The summed E-state index contributed by atoms with van der Waals surface area (Å²) in [7, 11) is 0. The molecule has 0 aliphatic rings. The lowest BCUT2D eigenvalue weighted by molar-refractivity contribution is 0.0944. The highest BCUT2D eigenvalue weighted by Crippen LogP contribution is 2.25. The highest BCUT2D eigenvalue weighted by Gasteiger charge is 2.13. The zero-order valence-electron chi connectivity index (χ0n) is 11.7. The quantitative estimate of drug-likeness (QED) is 0.718. The van der Waals surface area contributed by atoms with Gasteiger partial charge in [0.1, 0.15) is 0 Å². The van der Waals surface area contributed by atoms with E-state index in [1.807, 2.05) is 61.5 Å². The molecule has 3 rings (SSSR count). The van der Waals surface area contributed by atoms with Gasteiger partial charge >= 0.3 is 0 Å². The second kappa shape index (κ2) is 5.58. The molecule has 21 heavy (non-hydrogen) atoms. The number of anilines is 1. The summed E-state index contributed by atoms with van der Waals surface area (Å²) in [4.78, 5) is 13.1. The minimum Gasteiger partial charge on any atom is -0.399 e. The van der Waals surface area contributed by atoms with Crippen LogP contribution in [0.5, 0.6) is 0 Å². The average molecular weight is 296 g/mol. The number of nitrogens with one attached hydrogen (secondary N) is 1. The predicted molar refractivity (Wildman–Crippen MR) is 88.6 cm³/mol. The summed E-state index contributed by atoms with van der Waals surface area (Å²) in [6, 6.07) is 17.5. The van der Waals surface area contributed by atoms with E-state index in [1.165, 1.54) is 11.3 Å². The maximum Gasteiger partial charge on any atom is 0.261 e. The Morgan fingerprint density at radius 3 is 2.57 bits per heavy atom. The summed E-state index contributed by atoms with van der Waals surface area (Å²) in [6.45, 7) is 1.97. The third-order valence-corrected chi connectivity index (χ3v) is 4.55. The van der Waals surface area contributed by atoms with Gasteiger partial charge in [-0.1, -0.05) is 30.3 Å². The molecule has 0 aliphatic carbocycles. The minimum absolute atomic E-state index is 0.0412. The Kier molecular flexibility index (Phi) is 3.62. The van der Waals surface area contributed by atoms with E-state index in [9.17, 15) is 4.79 Å². The van der Waals surface area contributed by atoms with Gasteiger partial charge < -0.3 is 11.1 Å². The lowest BCUT2D eigenvalue weighted by Gasteiger charge is -2.13. The average Bonchev–Trinajstić information content (AvgIpc) is 2.92. The maximum atomic E-state index is 12.3. The summed E-state index contributed by atoms with van der Waals surface area (Å²) >= 11 is 1.51. The Bertz CT molecular complexity index is 744. The number of thiophene rings is 1. The van der Waals surface area contributed by atoms with Crippen molar-refractivity contribution in [1.82, 2.24) is 5.32 Å². The normalized spacial score (nSPS) is 12.2. The van der Waals surface area contributed by atoms with Crippen molar-refractivity contribution >= 4 is 33.0 Å². The third kappa shape index (κ3) is 2.90. The molecule has 0 spiro atoms. The number of nitrogen functional groups attached to an aromatic ring is 1. The van der Waals surface area contributed by atoms with Crippen LogP contribution in [0.1, 0.15) is 28.2 Å². The number of rotatable bonds is 3. The van der Waals surface area contributed by atoms with E-state index in [0.717, 1.165) is 26.2 Å². The minimum atomic E-state index is -0.0525. The monoisotopic (exact) mass is 296 g/mol. The van der Waals surface area contributed by atoms with Crippen LogP contribution in [0, 0.1) is 0 Å². The molecule has 0 saturated carbocycles. The van der Waals surface area contributed by atoms with Crippen LogP contribution in [-0.4, -0.2) is 5.91 Å². The smallest absolute Gasteiger partial charge is 0.261 e. The van der Waals surface area contributed by atoms with E-state index in [4.69, 9.17) is 5.73 Å². The second-order valence-corrected chi connectivity index (χ2v) is 6.09. The number of amides is 1. The van der Waals surface area contributed by atoms with Crippen LogP contribution in [0.3, 0.4) is 0 Å². The number of benzene rings is 2. The molecule has 1 heterocycles. The maximum absolute atomic E-state index is 12.3. The molecule has 0 radical (unpaired) electrons. The van der Waals surface area contributed by atoms with Crippen LogP contribution >= 0.6 is 11.3 Å². The largest absolute Gasteiger partial charge is 0.399 e. The summed E-state index contributed by atoms with van der Waals surface area (Å²) < 4.78 is 1.13. The number of hydrogen-bond acceptors (Lipinski definition) is 3. The number of fused-ring (bicyclic) bond motifs is 1. The van der Waals surface area contributed by atoms with E-state index in [1.54, 1.807) is 0 Å². The molecule has 1 unspecified atom stereocenters. The molecule has 0 saturated heterocycles. The molecule has 4 heteroatoms. The highest BCUT2D eigenvalue weighted by atomic mass is 32.1. The summed E-state index contributed by atoms with van der Waals surface area (Å²) in [5.41, 5.74) is 7.44. The van der Waals surface area contributed by atoms with Gasteiger partial charge in [-0.05, 0) is 42.1 Å². The van der Waals surface area contributed by atoms with Gasteiger partial charge in [0.2, 0.25) is 0 Å². The van der Waals surface area contributed by atoms with Crippen molar-refractivity contribution in [2.45, 2.75) is 13.0 Å². The van der Waals surface area contributed by atoms with Crippen molar-refractivity contribution in [3.8, 4) is 0 Å². The number of carbonyl (C=O) groups excluding carboxylic acids is 1. The Morgan fingerprint density at radius 2 is 1.86 bits per heavy atom. The SMILES string of the molecule is CC(NC(=O)c1cc2ccccc2s1)c1ccc(N)cc1. The summed E-state index contributed by atoms with van der Waals surface area (Å²) in [5, 5.41) is 4.13. The van der Waals surface area contributed by atoms with E-state index >= 15 is 0 Å². The van der Waals surface area contributed by atoms with Crippen LogP contribution in [0.2, 0.25) is 0 Å². The highest BCUT2D eigenvalue weighted by molar-refractivity contribution is 7.20. The molecule has 1 amide bonds. The van der Waals surface area contributed by atoms with Crippen molar-refractivity contribution in [2.75, 3.05) is 5.73 Å². The molecule has 3 nitrogen and oxygen atoms in total. The third-order valence-electron chi connectivity index (χ3n) is 3.43. The van der Waals surface area contributed by atoms with Gasteiger partial charge in [-0.2, -0.15) is 0 Å². The number of nitrogens with two attached hydrogens (primary N) is 1. The van der Waals surface area contributed by atoms with Gasteiger partial charge in [-0.3, -0.25) is 4.79 Å². The van der Waals surface area contributed by atoms with Crippen LogP contribution in [0.4, 0.5) is 5.69 Å². The van der Waals surface area contributed by atoms with Crippen LogP contribution in [0.25, 0.3) is 10.1 Å². The molecule has 0 aliphatic heterocycles. The van der Waals surface area contributed by atoms with Crippen molar-refractivity contribution in [3.63, 3.8) is 0 Å². The summed E-state index contributed by atoms with van der Waals surface area (Å²) in [5.74, 6) is -0.0412. The number of carbonyl (C=O) groups is 1. The Morgan fingerprint density at radius 1 is 1.14 bits per heavy atom. The lowest BCUT2D eigenvalue weighted by atomic mass is 10.1. The fourth-order valence-electron chi connectivity index (χ4n) is 2.23. The van der Waals surface area contributed by atoms with Crippen LogP contribution in [-0.2, 0) is 0 Å². The summed E-state index contributed by atoms with van der Waals surface area (Å²) in [6.07, 6.45) is 0. The Balaban J connectivity index is 1.77. The van der Waals surface area contributed by atoms with Crippen molar-refractivity contribution in [3.05, 3.63) is 65.0 Å². The molecule has 1 aromatic heterocycles. The first-order valence-electron chi connectivity index (χ1n) is 6.78. The van der Waals surface area contributed by atoms with Gasteiger partial charge in [-0.15, -0.1) is 11.3 Å². The van der Waals surface area contributed by atoms with Crippen molar-refractivity contribution in [1.29, 1.82) is 0 Å².